The van der Waals surface area contributed by atoms with Crippen LogP contribution in [-0.2, 0) is 0 Å². The van der Waals surface area contributed by atoms with Crippen molar-refractivity contribution < 1.29 is 4.79 Å². The summed E-state index contributed by atoms with van der Waals surface area (Å²) in [5.41, 5.74) is 0.839. The second-order valence-corrected chi connectivity index (χ2v) is 2.89. The molecule has 1 aromatic carbocycles. The topological polar surface area (TPSA) is 17.1 Å². The lowest BCUT2D eigenvalue weighted by Gasteiger charge is -1.97. The van der Waals surface area contributed by atoms with E-state index in [2.05, 4.69) is 6.92 Å². The highest BCUT2D eigenvalue weighted by atomic mass is 35.5. The molecule has 0 N–H and O–H groups in total. The van der Waals surface area contributed by atoms with Gasteiger partial charge < -0.3 is 0 Å². The van der Waals surface area contributed by atoms with Gasteiger partial charge in [-0.1, -0.05) is 43.7 Å². The maximum Gasteiger partial charge on any atom is 0.162 e. The zero-order valence-electron chi connectivity index (χ0n) is 7.82. The van der Waals surface area contributed by atoms with Crippen molar-refractivity contribution in [3.05, 3.63) is 35.9 Å². The van der Waals surface area contributed by atoms with Crippen molar-refractivity contribution in [2.24, 2.45) is 0 Å². The third-order valence-electron chi connectivity index (χ3n) is 1.85. The van der Waals surface area contributed by atoms with Crippen molar-refractivity contribution in [1.29, 1.82) is 0 Å². The third-order valence-corrected chi connectivity index (χ3v) is 1.85. The van der Waals surface area contributed by atoms with Crippen LogP contribution in [0.4, 0.5) is 0 Å². The molecule has 0 saturated carbocycles. The minimum absolute atomic E-state index is 0. The number of hydrogen-bond donors (Lipinski definition) is 0. The summed E-state index contributed by atoms with van der Waals surface area (Å²) in [6.45, 7) is 2.10. The van der Waals surface area contributed by atoms with E-state index in [0.29, 0.717) is 6.42 Å². The number of carbonyl (C=O) groups excluding carboxylic acids is 1. The number of unbranched alkanes of at least 4 members (excludes halogenated alkanes) is 1. The summed E-state index contributed by atoms with van der Waals surface area (Å²) >= 11 is 0. The zero-order chi connectivity index (χ0) is 8.81. The van der Waals surface area contributed by atoms with E-state index in [1.54, 1.807) is 0 Å². The van der Waals surface area contributed by atoms with Gasteiger partial charge >= 0.3 is 0 Å². The smallest absolute Gasteiger partial charge is 0.162 e. The number of benzene rings is 1. The van der Waals surface area contributed by atoms with Gasteiger partial charge in [-0.2, -0.15) is 0 Å². The molecule has 0 atom stereocenters. The Balaban J connectivity index is 0.00000144. The van der Waals surface area contributed by atoms with Crippen LogP contribution in [0.1, 0.15) is 36.5 Å². The highest BCUT2D eigenvalue weighted by Gasteiger charge is 2.02. The minimum atomic E-state index is 0. The Morgan fingerprint density at radius 2 is 1.85 bits per heavy atom. The van der Waals surface area contributed by atoms with Crippen LogP contribution in [0.3, 0.4) is 0 Å². The normalized spacial score (nSPS) is 9.00. The van der Waals surface area contributed by atoms with Gasteiger partial charge in [0.15, 0.2) is 5.78 Å². The van der Waals surface area contributed by atoms with E-state index < -0.39 is 0 Å². The van der Waals surface area contributed by atoms with Crippen LogP contribution in [0.5, 0.6) is 0 Å². The lowest BCUT2D eigenvalue weighted by atomic mass is 10.1. The van der Waals surface area contributed by atoms with E-state index in [1.165, 1.54) is 0 Å². The Labute approximate surface area is 85.6 Å². The largest absolute Gasteiger partial charge is 0.294 e. The molecular weight excluding hydrogens is 184 g/mol. The molecule has 0 amide bonds. The van der Waals surface area contributed by atoms with E-state index in [9.17, 15) is 4.79 Å². The molecule has 0 aliphatic carbocycles. The highest BCUT2D eigenvalue weighted by molar-refractivity contribution is 5.95. The predicted molar refractivity (Wildman–Crippen MR) is 57.5 cm³/mol. The Morgan fingerprint density at radius 3 is 2.38 bits per heavy atom. The Hall–Kier alpha value is -0.820. The minimum Gasteiger partial charge on any atom is -0.294 e. The first-order chi connectivity index (χ1) is 5.84. The third kappa shape index (κ3) is 4.09. The van der Waals surface area contributed by atoms with Crippen LogP contribution in [0.25, 0.3) is 0 Å². The Morgan fingerprint density at radius 1 is 1.23 bits per heavy atom. The summed E-state index contributed by atoms with van der Waals surface area (Å²) in [7, 11) is 0. The first-order valence-electron chi connectivity index (χ1n) is 4.43. The van der Waals surface area contributed by atoms with Crippen molar-refractivity contribution in [2.75, 3.05) is 0 Å². The van der Waals surface area contributed by atoms with E-state index in [4.69, 9.17) is 0 Å². The molecule has 0 aliphatic rings. The van der Waals surface area contributed by atoms with Crippen molar-refractivity contribution >= 4 is 18.2 Å². The summed E-state index contributed by atoms with van der Waals surface area (Å²) in [5, 5.41) is 0. The van der Waals surface area contributed by atoms with Crippen LogP contribution < -0.4 is 0 Å². The van der Waals surface area contributed by atoms with Gasteiger partial charge in [-0.05, 0) is 6.42 Å². The molecule has 0 spiro atoms. The van der Waals surface area contributed by atoms with E-state index in [0.717, 1.165) is 18.4 Å². The Kier molecular flexibility index (Phi) is 6.25. The molecule has 72 valence electrons. The maximum absolute atomic E-state index is 11.4. The molecule has 1 aromatic rings. The van der Waals surface area contributed by atoms with Crippen molar-refractivity contribution in [3.63, 3.8) is 0 Å². The van der Waals surface area contributed by atoms with Gasteiger partial charge in [-0.3, -0.25) is 4.79 Å². The summed E-state index contributed by atoms with van der Waals surface area (Å²) in [4.78, 5) is 11.4. The summed E-state index contributed by atoms with van der Waals surface area (Å²) in [6.07, 6.45) is 2.76. The molecular formula is C11H15ClO. The molecule has 0 aliphatic heterocycles. The van der Waals surface area contributed by atoms with Crippen LogP contribution in [0.15, 0.2) is 30.3 Å². The van der Waals surface area contributed by atoms with Crippen LogP contribution in [0, 0.1) is 0 Å². The van der Waals surface area contributed by atoms with Gasteiger partial charge in [0, 0.05) is 12.0 Å². The van der Waals surface area contributed by atoms with Gasteiger partial charge in [0.2, 0.25) is 0 Å². The number of halogens is 1. The monoisotopic (exact) mass is 198 g/mol. The van der Waals surface area contributed by atoms with E-state index >= 15 is 0 Å². The van der Waals surface area contributed by atoms with Gasteiger partial charge in [-0.15, -0.1) is 12.4 Å². The Bertz CT molecular complexity index is 244. The van der Waals surface area contributed by atoms with Gasteiger partial charge in [0.25, 0.3) is 0 Å². The van der Waals surface area contributed by atoms with Gasteiger partial charge in [-0.25, -0.2) is 0 Å². The quantitative estimate of drug-likeness (QED) is 0.677. The molecule has 0 heterocycles. The zero-order valence-corrected chi connectivity index (χ0v) is 8.64. The summed E-state index contributed by atoms with van der Waals surface area (Å²) < 4.78 is 0. The number of hydrogen-bond acceptors (Lipinski definition) is 1. The second-order valence-electron chi connectivity index (χ2n) is 2.89. The number of carbonyl (C=O) groups is 1. The standard InChI is InChI=1S/C11H14O.ClH/c1-2-3-9-11(12)10-7-5-4-6-8-10;/h4-8H,2-3,9H2,1H3;1H. The molecule has 0 unspecified atom stereocenters. The van der Waals surface area contributed by atoms with E-state index in [1.807, 2.05) is 30.3 Å². The number of Topliss-reactive ketones (excluding diaryl/α,β-unsaturated/α-hetero) is 1. The van der Waals surface area contributed by atoms with Gasteiger partial charge in [0.1, 0.15) is 0 Å². The van der Waals surface area contributed by atoms with Crippen LogP contribution in [0.2, 0.25) is 0 Å². The molecule has 0 radical (unpaired) electrons. The van der Waals surface area contributed by atoms with Gasteiger partial charge in [0.05, 0.1) is 0 Å². The average Bonchev–Trinajstić information content (AvgIpc) is 2.15. The molecule has 2 heteroatoms. The molecule has 0 aromatic heterocycles. The predicted octanol–water partition coefficient (Wildman–Crippen LogP) is 3.48. The molecule has 1 rings (SSSR count). The lowest BCUT2D eigenvalue weighted by molar-refractivity contribution is 0.0980. The van der Waals surface area contributed by atoms with E-state index in [-0.39, 0.29) is 18.2 Å². The number of rotatable bonds is 4. The molecule has 0 bridgehead atoms. The first-order valence-corrected chi connectivity index (χ1v) is 4.43. The molecule has 0 saturated heterocycles. The summed E-state index contributed by atoms with van der Waals surface area (Å²) in [6, 6.07) is 9.48. The summed E-state index contributed by atoms with van der Waals surface area (Å²) in [5.74, 6) is 0.262. The van der Waals surface area contributed by atoms with Crippen molar-refractivity contribution in [2.45, 2.75) is 26.2 Å². The fraction of sp³-hybridized carbons (Fsp3) is 0.364. The molecule has 0 fully saturated rings. The molecule has 1 nitrogen and oxygen atoms in total. The second kappa shape index (κ2) is 6.67. The number of ketones is 1. The van der Waals surface area contributed by atoms with Crippen molar-refractivity contribution in [3.8, 4) is 0 Å². The maximum atomic E-state index is 11.4. The van der Waals surface area contributed by atoms with Crippen LogP contribution >= 0.6 is 12.4 Å². The van der Waals surface area contributed by atoms with Crippen LogP contribution in [-0.4, -0.2) is 5.78 Å². The SMILES string of the molecule is CCCCC(=O)c1ccccc1.Cl. The fourth-order valence-corrected chi connectivity index (χ4v) is 1.11. The molecule has 13 heavy (non-hydrogen) atoms. The fourth-order valence-electron chi connectivity index (χ4n) is 1.11. The first kappa shape index (κ1) is 12.2. The lowest BCUT2D eigenvalue weighted by Crippen LogP contribution is -1.97. The average molecular weight is 199 g/mol. The highest BCUT2D eigenvalue weighted by Crippen LogP contribution is 2.05. The van der Waals surface area contributed by atoms with Crippen molar-refractivity contribution in [1.82, 2.24) is 0 Å².